The first kappa shape index (κ1) is 15.4. The summed E-state index contributed by atoms with van der Waals surface area (Å²) in [5, 5.41) is 10.1. The minimum Gasteiger partial charge on any atom is -0.387 e. The van der Waals surface area contributed by atoms with Crippen LogP contribution < -0.4 is 0 Å². The third kappa shape index (κ3) is 3.34. The second-order valence-corrected chi connectivity index (χ2v) is 5.46. The van der Waals surface area contributed by atoms with Gasteiger partial charge in [0.05, 0.1) is 12.2 Å². The fourth-order valence-electron chi connectivity index (χ4n) is 2.69. The highest BCUT2D eigenvalue weighted by Crippen LogP contribution is 2.24. The molecule has 3 unspecified atom stereocenters. The van der Waals surface area contributed by atoms with Crippen molar-refractivity contribution in [1.82, 2.24) is 4.90 Å². The number of aliphatic hydroxyl groups is 1. The van der Waals surface area contributed by atoms with E-state index < -0.39 is 17.7 Å². The second kappa shape index (κ2) is 6.61. The Bertz CT molecular complexity index is 455. The zero-order valence-electron chi connectivity index (χ0n) is 11.9. The number of methoxy groups -OCH3 is 1. The van der Waals surface area contributed by atoms with Gasteiger partial charge < -0.3 is 9.84 Å². The molecule has 20 heavy (non-hydrogen) atoms. The number of likely N-dealkylation sites (tertiary alicyclic amines) is 1. The Kier molecular flexibility index (Phi) is 5.07. The first-order chi connectivity index (χ1) is 9.52. The van der Waals surface area contributed by atoms with Crippen LogP contribution in [0, 0.1) is 17.6 Å². The molecule has 5 heteroatoms. The van der Waals surface area contributed by atoms with Crippen LogP contribution in [0.2, 0.25) is 0 Å². The summed E-state index contributed by atoms with van der Waals surface area (Å²) < 4.78 is 32.2. The molecular formula is C15H21F2NO2. The minimum atomic E-state index is -1.03. The lowest BCUT2D eigenvalue weighted by atomic mass is 9.95. The second-order valence-electron chi connectivity index (χ2n) is 5.46. The van der Waals surface area contributed by atoms with E-state index in [-0.39, 0.29) is 18.2 Å². The molecule has 112 valence electrons. The van der Waals surface area contributed by atoms with Crippen molar-refractivity contribution in [3.05, 3.63) is 35.4 Å². The summed E-state index contributed by atoms with van der Waals surface area (Å²) in [4.78, 5) is 2.03. The standard InChI is InChI=1S/C15H21F2NO2/c1-10-6-7-18(9-14(10)20-2)8-13(19)11-4-3-5-12(16)15(11)17/h3-5,10,13-14,19H,6-9H2,1-2H3. The number of nitrogens with zero attached hydrogens (tertiary/aromatic N) is 1. The van der Waals surface area contributed by atoms with E-state index in [1.54, 1.807) is 7.11 Å². The van der Waals surface area contributed by atoms with Crippen LogP contribution in [0.4, 0.5) is 8.78 Å². The Morgan fingerprint density at radius 1 is 1.45 bits per heavy atom. The van der Waals surface area contributed by atoms with Crippen molar-refractivity contribution in [2.45, 2.75) is 25.6 Å². The van der Waals surface area contributed by atoms with Gasteiger partial charge in [-0.1, -0.05) is 19.1 Å². The van der Waals surface area contributed by atoms with Gasteiger partial charge in [-0.25, -0.2) is 8.78 Å². The van der Waals surface area contributed by atoms with Gasteiger partial charge in [0.15, 0.2) is 11.6 Å². The number of benzene rings is 1. The van der Waals surface area contributed by atoms with Crippen molar-refractivity contribution in [1.29, 1.82) is 0 Å². The van der Waals surface area contributed by atoms with Crippen LogP contribution in [0.3, 0.4) is 0 Å². The first-order valence-electron chi connectivity index (χ1n) is 6.90. The maximum absolute atomic E-state index is 13.6. The molecule has 0 saturated carbocycles. The summed E-state index contributed by atoms with van der Waals surface area (Å²) in [5.74, 6) is -1.42. The molecule has 3 nitrogen and oxygen atoms in total. The Morgan fingerprint density at radius 2 is 2.20 bits per heavy atom. The zero-order valence-corrected chi connectivity index (χ0v) is 11.9. The topological polar surface area (TPSA) is 32.7 Å². The summed E-state index contributed by atoms with van der Waals surface area (Å²) in [7, 11) is 1.67. The van der Waals surface area contributed by atoms with Crippen molar-refractivity contribution in [3.63, 3.8) is 0 Å². The number of hydrogen-bond acceptors (Lipinski definition) is 3. The molecule has 0 aromatic heterocycles. The number of halogens is 2. The van der Waals surface area contributed by atoms with E-state index in [1.165, 1.54) is 12.1 Å². The molecule has 2 rings (SSSR count). The van der Waals surface area contributed by atoms with Crippen LogP contribution in [-0.4, -0.2) is 42.9 Å². The molecule has 1 aliphatic heterocycles. The van der Waals surface area contributed by atoms with Crippen LogP contribution >= 0.6 is 0 Å². The smallest absolute Gasteiger partial charge is 0.164 e. The number of ether oxygens (including phenoxy) is 1. The van der Waals surface area contributed by atoms with E-state index in [4.69, 9.17) is 4.74 Å². The average molecular weight is 285 g/mol. The van der Waals surface area contributed by atoms with Crippen molar-refractivity contribution >= 4 is 0 Å². The van der Waals surface area contributed by atoms with Gasteiger partial charge in [-0.2, -0.15) is 0 Å². The number of aliphatic hydroxyl groups excluding tert-OH is 1. The average Bonchev–Trinajstić information content (AvgIpc) is 2.43. The highest BCUT2D eigenvalue weighted by Gasteiger charge is 2.28. The summed E-state index contributed by atoms with van der Waals surface area (Å²) in [6, 6.07) is 3.88. The van der Waals surface area contributed by atoms with Gasteiger partial charge in [-0.15, -0.1) is 0 Å². The van der Waals surface area contributed by atoms with Gasteiger partial charge in [0, 0.05) is 25.8 Å². The quantitative estimate of drug-likeness (QED) is 0.922. The first-order valence-corrected chi connectivity index (χ1v) is 6.90. The lowest BCUT2D eigenvalue weighted by Gasteiger charge is -2.37. The van der Waals surface area contributed by atoms with Crippen LogP contribution in [0.25, 0.3) is 0 Å². The number of β-amino-alcohol motifs (C(OH)–C–C–N with tert-alkyl or cyclic N) is 1. The molecular weight excluding hydrogens is 264 g/mol. The Hall–Kier alpha value is -1.04. The van der Waals surface area contributed by atoms with E-state index in [1.807, 2.05) is 4.90 Å². The maximum atomic E-state index is 13.6. The predicted molar refractivity (Wildman–Crippen MR) is 72.3 cm³/mol. The van der Waals surface area contributed by atoms with Gasteiger partial charge in [-0.3, -0.25) is 4.90 Å². The van der Waals surface area contributed by atoms with Gasteiger partial charge in [0.25, 0.3) is 0 Å². The SMILES string of the molecule is COC1CN(CC(O)c2cccc(F)c2F)CCC1C. The molecule has 1 fully saturated rings. The molecule has 1 N–H and O–H groups in total. The van der Waals surface area contributed by atoms with E-state index >= 15 is 0 Å². The molecule has 3 atom stereocenters. The van der Waals surface area contributed by atoms with Gasteiger partial charge >= 0.3 is 0 Å². The molecule has 1 aliphatic rings. The van der Waals surface area contributed by atoms with Crippen LogP contribution in [0.1, 0.15) is 25.0 Å². The molecule has 1 aromatic rings. The summed E-state index contributed by atoms with van der Waals surface area (Å²) in [6.45, 7) is 3.95. The van der Waals surface area contributed by atoms with Gasteiger partial charge in [0.1, 0.15) is 0 Å². The zero-order chi connectivity index (χ0) is 14.7. The van der Waals surface area contributed by atoms with Crippen molar-refractivity contribution in [2.75, 3.05) is 26.7 Å². The fourth-order valence-corrected chi connectivity index (χ4v) is 2.69. The Labute approximate surface area is 118 Å². The fraction of sp³-hybridized carbons (Fsp3) is 0.600. The molecule has 0 aliphatic carbocycles. The van der Waals surface area contributed by atoms with E-state index in [9.17, 15) is 13.9 Å². The normalized spacial score (nSPS) is 25.6. The van der Waals surface area contributed by atoms with Crippen LogP contribution in [0.5, 0.6) is 0 Å². The highest BCUT2D eigenvalue weighted by molar-refractivity contribution is 5.21. The minimum absolute atomic E-state index is 0.0117. The van der Waals surface area contributed by atoms with Crippen molar-refractivity contribution in [3.8, 4) is 0 Å². The maximum Gasteiger partial charge on any atom is 0.164 e. The van der Waals surface area contributed by atoms with E-state index in [2.05, 4.69) is 6.92 Å². The number of piperidine rings is 1. The molecule has 0 spiro atoms. The predicted octanol–water partition coefficient (Wildman–Crippen LogP) is 2.36. The van der Waals surface area contributed by atoms with E-state index in [0.717, 1.165) is 19.0 Å². The third-order valence-corrected chi connectivity index (χ3v) is 4.05. The number of hydrogen-bond donors (Lipinski definition) is 1. The lowest BCUT2D eigenvalue weighted by Crippen LogP contribution is -2.45. The number of rotatable bonds is 4. The molecule has 1 heterocycles. The lowest BCUT2D eigenvalue weighted by molar-refractivity contribution is -0.0184. The third-order valence-electron chi connectivity index (χ3n) is 4.05. The van der Waals surface area contributed by atoms with Gasteiger partial charge in [-0.05, 0) is 24.9 Å². The molecule has 0 bridgehead atoms. The summed E-state index contributed by atoms with van der Waals surface area (Å²) in [5.41, 5.74) is 0.0117. The Balaban J connectivity index is 2.01. The van der Waals surface area contributed by atoms with Crippen LogP contribution in [0.15, 0.2) is 18.2 Å². The summed E-state index contributed by atoms with van der Waals surface area (Å²) in [6.07, 6.45) is 0.0570. The van der Waals surface area contributed by atoms with Gasteiger partial charge in [0.2, 0.25) is 0 Å². The monoisotopic (exact) mass is 285 g/mol. The summed E-state index contributed by atoms with van der Waals surface area (Å²) >= 11 is 0. The Morgan fingerprint density at radius 3 is 2.90 bits per heavy atom. The molecule has 1 aromatic carbocycles. The largest absolute Gasteiger partial charge is 0.387 e. The molecule has 0 amide bonds. The van der Waals surface area contributed by atoms with Crippen LogP contribution in [-0.2, 0) is 4.74 Å². The van der Waals surface area contributed by atoms with Crippen molar-refractivity contribution < 1.29 is 18.6 Å². The molecule has 1 saturated heterocycles. The highest BCUT2D eigenvalue weighted by atomic mass is 19.2. The molecule has 0 radical (unpaired) electrons. The van der Waals surface area contributed by atoms with E-state index in [0.29, 0.717) is 12.5 Å². The van der Waals surface area contributed by atoms with Crippen molar-refractivity contribution in [2.24, 2.45) is 5.92 Å².